The average molecular weight is 333 g/mol. The molecule has 5 nitrogen and oxygen atoms in total. The summed E-state index contributed by atoms with van der Waals surface area (Å²) in [6.07, 6.45) is 5.06. The summed E-state index contributed by atoms with van der Waals surface area (Å²) < 4.78 is 11.1. The van der Waals surface area contributed by atoms with Crippen molar-refractivity contribution >= 4 is 5.96 Å². The number of guanidine groups is 1. The summed E-state index contributed by atoms with van der Waals surface area (Å²) in [4.78, 5) is 4.30. The second kappa shape index (κ2) is 10.2. The highest BCUT2D eigenvalue weighted by Crippen LogP contribution is 2.23. The van der Waals surface area contributed by atoms with E-state index in [0.29, 0.717) is 19.3 Å². The molecule has 0 aliphatic heterocycles. The first-order valence-corrected chi connectivity index (χ1v) is 8.89. The number of hydrogen-bond donors (Lipinski definition) is 2. The van der Waals surface area contributed by atoms with Gasteiger partial charge >= 0.3 is 0 Å². The number of aliphatic imine (C=N–C) groups is 1. The van der Waals surface area contributed by atoms with E-state index in [9.17, 15) is 0 Å². The summed E-state index contributed by atoms with van der Waals surface area (Å²) in [5.41, 5.74) is 1.07. The minimum atomic E-state index is 0.543. The quantitative estimate of drug-likeness (QED) is 0.458. The molecule has 24 heavy (non-hydrogen) atoms. The van der Waals surface area contributed by atoms with Gasteiger partial charge in [-0.3, -0.25) is 4.99 Å². The van der Waals surface area contributed by atoms with Crippen LogP contribution >= 0.6 is 0 Å². The molecule has 0 unspecified atom stereocenters. The number of benzene rings is 1. The van der Waals surface area contributed by atoms with E-state index < -0.39 is 0 Å². The lowest BCUT2D eigenvalue weighted by atomic mass is 9.87. The van der Waals surface area contributed by atoms with Crippen molar-refractivity contribution in [2.24, 2.45) is 10.9 Å². The summed E-state index contributed by atoms with van der Waals surface area (Å²) in [6.45, 7) is 4.25. The van der Waals surface area contributed by atoms with E-state index in [1.807, 2.05) is 31.3 Å². The number of ether oxygens (including phenoxy) is 2. The molecule has 0 amide bonds. The lowest BCUT2D eigenvalue weighted by Gasteiger charge is -2.28. The van der Waals surface area contributed by atoms with Crippen molar-refractivity contribution in [3.05, 3.63) is 29.8 Å². The number of hydrogen-bond acceptors (Lipinski definition) is 3. The van der Waals surface area contributed by atoms with Gasteiger partial charge in [0, 0.05) is 25.2 Å². The van der Waals surface area contributed by atoms with Crippen LogP contribution in [0.4, 0.5) is 0 Å². The first-order chi connectivity index (χ1) is 11.7. The Kier molecular flexibility index (Phi) is 7.89. The predicted octanol–water partition coefficient (Wildman–Crippen LogP) is 2.96. The minimum absolute atomic E-state index is 0.543. The summed E-state index contributed by atoms with van der Waals surface area (Å²) in [5.74, 6) is 2.60. The maximum Gasteiger partial charge on any atom is 0.191 e. The van der Waals surface area contributed by atoms with Gasteiger partial charge in [0.25, 0.3) is 0 Å². The van der Waals surface area contributed by atoms with E-state index in [0.717, 1.165) is 29.7 Å². The zero-order valence-electron chi connectivity index (χ0n) is 15.2. The number of nitrogens with zero attached hydrogens (tertiary/aromatic N) is 1. The van der Waals surface area contributed by atoms with Crippen molar-refractivity contribution in [2.75, 3.05) is 27.3 Å². The normalized spacial score (nSPS) is 21.4. The zero-order valence-corrected chi connectivity index (χ0v) is 15.2. The zero-order chi connectivity index (χ0) is 17.2. The summed E-state index contributed by atoms with van der Waals surface area (Å²) in [6, 6.07) is 8.48. The maximum absolute atomic E-state index is 5.74. The Balaban J connectivity index is 1.63. The fourth-order valence-electron chi connectivity index (χ4n) is 3.04. The van der Waals surface area contributed by atoms with Crippen LogP contribution in [-0.4, -0.2) is 39.3 Å². The van der Waals surface area contributed by atoms with Gasteiger partial charge in [0.15, 0.2) is 5.96 Å². The fourth-order valence-corrected chi connectivity index (χ4v) is 3.04. The number of methoxy groups -OCH3 is 1. The van der Waals surface area contributed by atoms with Crippen LogP contribution in [0.15, 0.2) is 29.3 Å². The summed E-state index contributed by atoms with van der Waals surface area (Å²) >= 11 is 0. The van der Waals surface area contributed by atoms with E-state index in [-0.39, 0.29) is 0 Å². The first kappa shape index (κ1) is 18.6. The fraction of sp³-hybridized carbons (Fsp3) is 0.632. The van der Waals surface area contributed by atoms with Crippen LogP contribution in [0.5, 0.6) is 5.75 Å². The van der Waals surface area contributed by atoms with Gasteiger partial charge in [0.05, 0.1) is 20.3 Å². The summed E-state index contributed by atoms with van der Waals surface area (Å²) in [5, 5.41) is 6.84. The number of nitrogens with one attached hydrogen (secondary N) is 2. The third-order valence-corrected chi connectivity index (χ3v) is 4.57. The smallest absolute Gasteiger partial charge is 0.191 e. The van der Waals surface area contributed by atoms with Crippen LogP contribution in [0.2, 0.25) is 0 Å². The standard InChI is InChI=1S/C19H31N3O2/c1-15-8-10-17(11-9-15)22-19(20-2)21-12-13-24-14-16-6-4-5-7-18(16)23-3/h4-7,15,17H,8-14H2,1-3H3,(H2,20,21,22). The molecule has 5 heteroatoms. The third-order valence-electron chi connectivity index (χ3n) is 4.57. The maximum atomic E-state index is 5.74. The van der Waals surface area contributed by atoms with Crippen molar-refractivity contribution in [1.29, 1.82) is 0 Å². The largest absolute Gasteiger partial charge is 0.496 e. The Morgan fingerprint density at radius 2 is 1.96 bits per heavy atom. The van der Waals surface area contributed by atoms with Crippen molar-refractivity contribution in [2.45, 2.75) is 45.3 Å². The van der Waals surface area contributed by atoms with E-state index in [1.165, 1.54) is 25.7 Å². The van der Waals surface area contributed by atoms with Crippen LogP contribution in [-0.2, 0) is 11.3 Å². The third kappa shape index (κ3) is 6.04. The van der Waals surface area contributed by atoms with Crippen LogP contribution in [0, 0.1) is 5.92 Å². The average Bonchev–Trinajstić information content (AvgIpc) is 2.62. The van der Waals surface area contributed by atoms with Crippen molar-refractivity contribution in [3.63, 3.8) is 0 Å². The SMILES string of the molecule is CN=C(NCCOCc1ccccc1OC)NC1CCC(C)CC1. The second-order valence-corrected chi connectivity index (χ2v) is 6.46. The molecule has 134 valence electrons. The highest BCUT2D eigenvalue weighted by Gasteiger charge is 2.18. The van der Waals surface area contributed by atoms with Crippen molar-refractivity contribution < 1.29 is 9.47 Å². The van der Waals surface area contributed by atoms with Gasteiger partial charge in [0.1, 0.15) is 5.75 Å². The molecule has 0 heterocycles. The van der Waals surface area contributed by atoms with E-state index in [2.05, 4.69) is 22.5 Å². The predicted molar refractivity (Wildman–Crippen MR) is 98.6 cm³/mol. The Labute approximate surface area is 145 Å². The molecule has 2 rings (SSSR count). The lowest BCUT2D eigenvalue weighted by molar-refractivity contribution is 0.123. The van der Waals surface area contributed by atoms with Crippen molar-refractivity contribution in [1.82, 2.24) is 10.6 Å². The lowest BCUT2D eigenvalue weighted by Crippen LogP contribution is -2.45. The van der Waals surface area contributed by atoms with Gasteiger partial charge in [0.2, 0.25) is 0 Å². The number of para-hydroxylation sites is 1. The molecule has 1 aliphatic rings. The summed E-state index contributed by atoms with van der Waals surface area (Å²) in [7, 11) is 3.50. The molecule has 1 fully saturated rings. The molecule has 1 aromatic carbocycles. The van der Waals surface area contributed by atoms with E-state index >= 15 is 0 Å². The molecule has 0 radical (unpaired) electrons. The van der Waals surface area contributed by atoms with Gasteiger partial charge < -0.3 is 20.1 Å². The minimum Gasteiger partial charge on any atom is -0.496 e. The Bertz CT molecular complexity index is 511. The highest BCUT2D eigenvalue weighted by molar-refractivity contribution is 5.79. The second-order valence-electron chi connectivity index (χ2n) is 6.46. The highest BCUT2D eigenvalue weighted by atomic mass is 16.5. The monoisotopic (exact) mass is 333 g/mol. The first-order valence-electron chi connectivity index (χ1n) is 8.89. The molecule has 0 bridgehead atoms. The Morgan fingerprint density at radius 3 is 2.67 bits per heavy atom. The molecule has 0 saturated heterocycles. The van der Waals surface area contributed by atoms with Crippen molar-refractivity contribution in [3.8, 4) is 5.75 Å². The molecule has 1 saturated carbocycles. The van der Waals surface area contributed by atoms with Crippen LogP contribution in [0.1, 0.15) is 38.2 Å². The number of rotatable bonds is 7. The molecule has 0 spiro atoms. The molecule has 0 aromatic heterocycles. The van der Waals surface area contributed by atoms with Crippen LogP contribution < -0.4 is 15.4 Å². The molecular weight excluding hydrogens is 302 g/mol. The van der Waals surface area contributed by atoms with Gasteiger partial charge in [-0.25, -0.2) is 0 Å². The van der Waals surface area contributed by atoms with Gasteiger partial charge in [-0.1, -0.05) is 25.1 Å². The topological polar surface area (TPSA) is 54.9 Å². The van der Waals surface area contributed by atoms with E-state index in [4.69, 9.17) is 9.47 Å². The molecule has 0 atom stereocenters. The van der Waals surface area contributed by atoms with E-state index in [1.54, 1.807) is 7.11 Å². The van der Waals surface area contributed by atoms with Gasteiger partial charge in [-0.15, -0.1) is 0 Å². The molecular formula is C19H31N3O2. The molecule has 1 aromatic rings. The van der Waals surface area contributed by atoms with Gasteiger partial charge in [-0.2, -0.15) is 0 Å². The van der Waals surface area contributed by atoms with Gasteiger partial charge in [-0.05, 0) is 37.7 Å². The Morgan fingerprint density at radius 1 is 1.21 bits per heavy atom. The molecule has 1 aliphatic carbocycles. The van der Waals surface area contributed by atoms with Crippen LogP contribution in [0.25, 0.3) is 0 Å². The van der Waals surface area contributed by atoms with Crippen LogP contribution in [0.3, 0.4) is 0 Å². The Hall–Kier alpha value is -1.75. The molecule has 2 N–H and O–H groups in total.